The first-order chi connectivity index (χ1) is 8.06. The maximum atomic E-state index is 5.72. The molecule has 0 aliphatic carbocycles. The van der Waals surface area contributed by atoms with Crippen LogP contribution in [0, 0.1) is 11.8 Å². The number of hydrogen-bond donors (Lipinski definition) is 0. The molecule has 0 aliphatic heterocycles. The van der Waals surface area contributed by atoms with Crippen LogP contribution in [0.4, 0.5) is 0 Å². The third-order valence-electron chi connectivity index (χ3n) is 2.46. The highest BCUT2D eigenvalue weighted by molar-refractivity contribution is 5.46. The first-order valence-corrected chi connectivity index (χ1v) is 5.85. The Labute approximate surface area is 104 Å². The summed E-state index contributed by atoms with van der Waals surface area (Å²) in [6, 6.07) is 5.91. The van der Waals surface area contributed by atoms with Gasteiger partial charge in [-0.1, -0.05) is 26.8 Å². The van der Waals surface area contributed by atoms with Gasteiger partial charge in [-0.05, 0) is 23.6 Å². The van der Waals surface area contributed by atoms with E-state index in [0.29, 0.717) is 12.5 Å². The summed E-state index contributed by atoms with van der Waals surface area (Å²) in [6.07, 6.45) is 1.83. The van der Waals surface area contributed by atoms with E-state index in [1.807, 2.05) is 31.2 Å². The van der Waals surface area contributed by atoms with E-state index in [4.69, 9.17) is 9.47 Å². The molecule has 1 aromatic rings. The predicted molar refractivity (Wildman–Crippen MR) is 71.5 cm³/mol. The van der Waals surface area contributed by atoms with Gasteiger partial charge in [0.15, 0.2) is 0 Å². The number of rotatable bonds is 6. The lowest BCUT2D eigenvalue weighted by Gasteiger charge is -2.13. The second-order valence-electron chi connectivity index (χ2n) is 4.49. The highest BCUT2D eigenvalue weighted by Gasteiger charge is 2.07. The molecular formula is C15H21O2. The Hall–Kier alpha value is -1.44. The summed E-state index contributed by atoms with van der Waals surface area (Å²) in [5.41, 5.74) is 1.08. The van der Waals surface area contributed by atoms with E-state index in [1.165, 1.54) is 0 Å². The van der Waals surface area contributed by atoms with Crippen LogP contribution in [-0.4, -0.2) is 13.7 Å². The van der Waals surface area contributed by atoms with E-state index in [1.54, 1.807) is 7.11 Å². The van der Waals surface area contributed by atoms with Gasteiger partial charge in [0.05, 0.1) is 13.7 Å². The van der Waals surface area contributed by atoms with Crippen LogP contribution in [0.1, 0.15) is 26.3 Å². The summed E-state index contributed by atoms with van der Waals surface area (Å²) in [5.74, 6) is 3.27. The van der Waals surface area contributed by atoms with Crippen LogP contribution >= 0.6 is 0 Å². The quantitative estimate of drug-likeness (QED) is 0.742. The molecule has 0 aromatic heterocycles. The summed E-state index contributed by atoms with van der Waals surface area (Å²) in [5, 5.41) is 0. The SMILES string of the molecule is C=C[C](C)c1cc(OC)cc(OCC(C)C)c1. The molecule has 0 amide bonds. The van der Waals surface area contributed by atoms with Crippen molar-refractivity contribution in [3.8, 4) is 11.5 Å². The molecule has 0 bridgehead atoms. The number of allylic oxidation sites excluding steroid dienone is 1. The van der Waals surface area contributed by atoms with Crippen molar-refractivity contribution in [1.29, 1.82) is 0 Å². The van der Waals surface area contributed by atoms with E-state index < -0.39 is 0 Å². The van der Waals surface area contributed by atoms with Crippen LogP contribution in [0.15, 0.2) is 30.9 Å². The Bertz CT molecular complexity index is 369. The van der Waals surface area contributed by atoms with Gasteiger partial charge in [-0.25, -0.2) is 0 Å². The lowest BCUT2D eigenvalue weighted by molar-refractivity contribution is 0.269. The van der Waals surface area contributed by atoms with Crippen LogP contribution in [0.2, 0.25) is 0 Å². The fourth-order valence-electron chi connectivity index (χ4n) is 1.38. The number of ether oxygens (including phenoxy) is 2. The molecule has 0 saturated carbocycles. The summed E-state index contributed by atoms with van der Waals surface area (Å²) < 4.78 is 11.0. The van der Waals surface area contributed by atoms with Crippen LogP contribution < -0.4 is 9.47 Å². The largest absolute Gasteiger partial charge is 0.497 e. The van der Waals surface area contributed by atoms with Crippen LogP contribution in [0.3, 0.4) is 0 Å². The number of benzene rings is 1. The van der Waals surface area contributed by atoms with Crippen molar-refractivity contribution in [2.24, 2.45) is 5.92 Å². The van der Waals surface area contributed by atoms with E-state index in [2.05, 4.69) is 20.4 Å². The van der Waals surface area contributed by atoms with Gasteiger partial charge >= 0.3 is 0 Å². The van der Waals surface area contributed by atoms with Crippen molar-refractivity contribution >= 4 is 0 Å². The minimum Gasteiger partial charge on any atom is -0.497 e. The smallest absolute Gasteiger partial charge is 0.123 e. The maximum Gasteiger partial charge on any atom is 0.123 e. The minimum absolute atomic E-state index is 0.508. The fraction of sp³-hybridized carbons (Fsp3) is 0.400. The second kappa shape index (κ2) is 6.33. The zero-order chi connectivity index (χ0) is 12.8. The van der Waals surface area contributed by atoms with E-state index in [9.17, 15) is 0 Å². The molecule has 0 aliphatic rings. The molecule has 93 valence electrons. The predicted octanol–water partition coefficient (Wildman–Crippen LogP) is 3.86. The maximum absolute atomic E-state index is 5.72. The third kappa shape index (κ3) is 4.14. The molecule has 2 nitrogen and oxygen atoms in total. The molecule has 1 radical (unpaired) electrons. The summed E-state index contributed by atoms with van der Waals surface area (Å²) in [6.45, 7) is 10.8. The van der Waals surface area contributed by atoms with Crippen molar-refractivity contribution < 1.29 is 9.47 Å². The van der Waals surface area contributed by atoms with Crippen LogP contribution in [0.25, 0.3) is 0 Å². The lowest BCUT2D eigenvalue weighted by Crippen LogP contribution is -2.05. The van der Waals surface area contributed by atoms with Crippen LogP contribution in [0.5, 0.6) is 11.5 Å². The molecule has 0 N–H and O–H groups in total. The first kappa shape index (κ1) is 13.6. The van der Waals surface area contributed by atoms with Crippen molar-refractivity contribution in [3.05, 3.63) is 42.3 Å². The molecule has 0 fully saturated rings. The monoisotopic (exact) mass is 233 g/mol. The molecule has 1 aromatic carbocycles. The van der Waals surface area contributed by atoms with Gasteiger partial charge in [-0.3, -0.25) is 0 Å². The Morgan fingerprint density at radius 1 is 1.29 bits per heavy atom. The van der Waals surface area contributed by atoms with Crippen molar-refractivity contribution in [1.82, 2.24) is 0 Å². The van der Waals surface area contributed by atoms with Gasteiger partial charge in [0.25, 0.3) is 0 Å². The van der Waals surface area contributed by atoms with Crippen molar-refractivity contribution in [3.63, 3.8) is 0 Å². The summed E-state index contributed by atoms with van der Waals surface area (Å²) >= 11 is 0. The fourth-order valence-corrected chi connectivity index (χ4v) is 1.38. The average Bonchev–Trinajstić information content (AvgIpc) is 2.34. The molecule has 2 heteroatoms. The minimum atomic E-state index is 0.508. The molecule has 17 heavy (non-hydrogen) atoms. The standard InChI is InChI=1S/C15H21O2/c1-6-12(4)13-7-14(16-5)9-15(8-13)17-10-11(2)3/h6-9,11H,1,10H2,2-5H3. The van der Waals surface area contributed by atoms with Gasteiger partial charge in [0.1, 0.15) is 11.5 Å². The summed E-state index contributed by atoms with van der Waals surface area (Å²) in [4.78, 5) is 0. The van der Waals surface area contributed by atoms with Gasteiger partial charge in [-0.15, -0.1) is 6.58 Å². The van der Waals surface area contributed by atoms with E-state index in [0.717, 1.165) is 23.0 Å². The van der Waals surface area contributed by atoms with Gasteiger partial charge in [0, 0.05) is 12.0 Å². The molecule has 0 unspecified atom stereocenters. The first-order valence-electron chi connectivity index (χ1n) is 5.85. The van der Waals surface area contributed by atoms with Crippen molar-refractivity contribution in [2.75, 3.05) is 13.7 Å². The number of methoxy groups -OCH3 is 1. The van der Waals surface area contributed by atoms with E-state index in [-0.39, 0.29) is 0 Å². The van der Waals surface area contributed by atoms with Crippen LogP contribution in [-0.2, 0) is 0 Å². The molecule has 0 heterocycles. The van der Waals surface area contributed by atoms with Crippen molar-refractivity contribution in [2.45, 2.75) is 20.8 Å². The normalized spacial score (nSPS) is 10.7. The summed E-state index contributed by atoms with van der Waals surface area (Å²) in [7, 11) is 1.66. The lowest BCUT2D eigenvalue weighted by atomic mass is 10.0. The Morgan fingerprint density at radius 3 is 2.47 bits per heavy atom. The Balaban J connectivity index is 2.92. The number of hydrogen-bond acceptors (Lipinski definition) is 2. The molecular weight excluding hydrogens is 212 g/mol. The third-order valence-corrected chi connectivity index (χ3v) is 2.46. The Kier molecular flexibility index (Phi) is 5.08. The molecule has 1 rings (SSSR count). The van der Waals surface area contributed by atoms with Gasteiger partial charge in [0.2, 0.25) is 0 Å². The Morgan fingerprint density at radius 2 is 1.94 bits per heavy atom. The molecule has 0 saturated heterocycles. The average molecular weight is 233 g/mol. The highest BCUT2D eigenvalue weighted by atomic mass is 16.5. The van der Waals surface area contributed by atoms with E-state index >= 15 is 0 Å². The molecule has 0 atom stereocenters. The van der Waals surface area contributed by atoms with Gasteiger partial charge < -0.3 is 9.47 Å². The van der Waals surface area contributed by atoms with Gasteiger partial charge in [-0.2, -0.15) is 0 Å². The topological polar surface area (TPSA) is 18.5 Å². The molecule has 0 spiro atoms. The zero-order valence-corrected chi connectivity index (χ0v) is 11.1. The highest BCUT2D eigenvalue weighted by Crippen LogP contribution is 2.27. The zero-order valence-electron chi connectivity index (χ0n) is 11.1. The second-order valence-corrected chi connectivity index (χ2v) is 4.49.